The minimum Gasteiger partial charge on any atom is -0.481 e. The fraction of sp³-hybridized carbons (Fsp3) is 0.368. The Bertz CT molecular complexity index is 815. The number of rotatable bonds is 8. The van der Waals surface area contributed by atoms with Gasteiger partial charge in [-0.05, 0) is 18.4 Å². The van der Waals surface area contributed by atoms with Crippen LogP contribution in [0.4, 0.5) is 0 Å². The fourth-order valence-corrected chi connectivity index (χ4v) is 2.59. The molecule has 0 fully saturated rings. The van der Waals surface area contributed by atoms with Crippen molar-refractivity contribution in [3.8, 4) is 11.3 Å². The summed E-state index contributed by atoms with van der Waals surface area (Å²) in [5, 5.41) is 16.0. The molecule has 1 unspecified atom stereocenters. The van der Waals surface area contributed by atoms with Crippen LogP contribution in [0.1, 0.15) is 20.3 Å². The largest absolute Gasteiger partial charge is 0.481 e. The summed E-state index contributed by atoms with van der Waals surface area (Å²) in [5.74, 6) is -1.83. The van der Waals surface area contributed by atoms with Crippen molar-refractivity contribution in [2.24, 2.45) is 11.8 Å². The molecule has 7 heteroatoms. The average molecular weight is 357 g/mol. The van der Waals surface area contributed by atoms with Crippen LogP contribution in [-0.2, 0) is 16.1 Å². The number of nitrogens with zero attached hydrogens (tertiary/aromatic N) is 2. The van der Waals surface area contributed by atoms with E-state index in [-0.39, 0.29) is 19.0 Å². The van der Waals surface area contributed by atoms with E-state index in [1.54, 1.807) is 6.07 Å². The molecule has 0 saturated carbocycles. The Hall–Kier alpha value is -2.96. The molecule has 1 amide bonds. The lowest BCUT2D eigenvalue weighted by Gasteiger charge is -2.15. The van der Waals surface area contributed by atoms with Gasteiger partial charge in [0.25, 0.3) is 5.56 Å². The molecule has 0 aliphatic rings. The Morgan fingerprint density at radius 1 is 1.15 bits per heavy atom. The second-order valence-electron chi connectivity index (χ2n) is 6.55. The minimum atomic E-state index is -0.944. The maximum Gasteiger partial charge on any atom is 0.308 e. The van der Waals surface area contributed by atoms with Crippen molar-refractivity contribution in [1.82, 2.24) is 15.1 Å². The third-order valence-corrected chi connectivity index (χ3v) is 3.88. The van der Waals surface area contributed by atoms with Crippen LogP contribution >= 0.6 is 0 Å². The Morgan fingerprint density at radius 3 is 2.46 bits per heavy atom. The number of carbonyl (C=O) groups is 2. The number of benzene rings is 1. The van der Waals surface area contributed by atoms with Crippen molar-refractivity contribution in [3.05, 3.63) is 52.8 Å². The minimum absolute atomic E-state index is 0.0273. The summed E-state index contributed by atoms with van der Waals surface area (Å²) < 4.78 is 1.08. The molecule has 0 aliphatic carbocycles. The van der Waals surface area contributed by atoms with Gasteiger partial charge in [0, 0.05) is 18.2 Å². The first-order chi connectivity index (χ1) is 12.4. The molecule has 1 aromatic carbocycles. The van der Waals surface area contributed by atoms with Gasteiger partial charge in [-0.3, -0.25) is 14.4 Å². The van der Waals surface area contributed by atoms with Gasteiger partial charge >= 0.3 is 5.97 Å². The summed E-state index contributed by atoms with van der Waals surface area (Å²) in [4.78, 5) is 35.3. The van der Waals surface area contributed by atoms with Crippen LogP contribution in [0.15, 0.2) is 47.3 Å². The Kier molecular flexibility index (Phi) is 6.66. The highest BCUT2D eigenvalue weighted by atomic mass is 16.4. The molecule has 0 radical (unpaired) electrons. The normalized spacial score (nSPS) is 12.0. The summed E-state index contributed by atoms with van der Waals surface area (Å²) in [7, 11) is 0. The van der Waals surface area contributed by atoms with Gasteiger partial charge in [0.1, 0.15) is 6.54 Å². The summed E-state index contributed by atoms with van der Waals surface area (Å²) in [6, 6.07) is 12.3. The van der Waals surface area contributed by atoms with Crippen LogP contribution in [0.3, 0.4) is 0 Å². The van der Waals surface area contributed by atoms with Gasteiger partial charge in [0.2, 0.25) is 5.91 Å². The van der Waals surface area contributed by atoms with Crippen LogP contribution in [0.2, 0.25) is 0 Å². The highest BCUT2D eigenvalue weighted by molar-refractivity contribution is 5.77. The number of carboxylic acids is 1. The van der Waals surface area contributed by atoms with E-state index in [0.29, 0.717) is 12.1 Å². The predicted octanol–water partition coefficient (Wildman–Crippen LogP) is 1.77. The Balaban J connectivity index is 2.04. The first-order valence-corrected chi connectivity index (χ1v) is 8.50. The van der Waals surface area contributed by atoms with Crippen LogP contribution in [0.25, 0.3) is 11.3 Å². The second kappa shape index (κ2) is 8.94. The van der Waals surface area contributed by atoms with E-state index in [1.807, 2.05) is 44.2 Å². The lowest BCUT2D eigenvalue weighted by atomic mass is 9.97. The molecule has 1 atom stereocenters. The smallest absolute Gasteiger partial charge is 0.308 e. The molecular weight excluding hydrogens is 334 g/mol. The first-order valence-electron chi connectivity index (χ1n) is 8.50. The molecule has 0 bridgehead atoms. The van der Waals surface area contributed by atoms with Crippen molar-refractivity contribution >= 4 is 11.9 Å². The number of carbonyl (C=O) groups excluding carboxylic acids is 1. The van der Waals surface area contributed by atoms with Crippen LogP contribution in [0.5, 0.6) is 0 Å². The highest BCUT2D eigenvalue weighted by Crippen LogP contribution is 2.14. The standard InChI is InChI=1S/C19H23N3O4/c1-13(2)10-15(19(25)26)11-20-17(23)12-22-18(24)9-8-16(21-22)14-6-4-3-5-7-14/h3-9,13,15H,10-12H2,1-2H3,(H,20,23)(H,25,26). The summed E-state index contributed by atoms with van der Waals surface area (Å²) in [5.41, 5.74) is 1.03. The van der Waals surface area contributed by atoms with Crippen LogP contribution < -0.4 is 10.9 Å². The lowest BCUT2D eigenvalue weighted by Crippen LogP contribution is -2.38. The fourth-order valence-electron chi connectivity index (χ4n) is 2.59. The van der Waals surface area contributed by atoms with E-state index < -0.39 is 23.4 Å². The van der Waals surface area contributed by atoms with Crippen LogP contribution in [-0.4, -0.2) is 33.3 Å². The van der Waals surface area contributed by atoms with Gasteiger partial charge in [-0.15, -0.1) is 0 Å². The van der Waals surface area contributed by atoms with Gasteiger partial charge in [-0.2, -0.15) is 5.10 Å². The van der Waals surface area contributed by atoms with Gasteiger partial charge in [-0.25, -0.2) is 4.68 Å². The van der Waals surface area contributed by atoms with Gasteiger partial charge in [0.15, 0.2) is 0 Å². The monoisotopic (exact) mass is 357 g/mol. The van der Waals surface area contributed by atoms with E-state index in [0.717, 1.165) is 10.2 Å². The molecule has 7 nitrogen and oxygen atoms in total. The van der Waals surface area contributed by atoms with Gasteiger partial charge < -0.3 is 10.4 Å². The predicted molar refractivity (Wildman–Crippen MR) is 97.5 cm³/mol. The molecule has 1 heterocycles. The van der Waals surface area contributed by atoms with E-state index in [1.165, 1.54) is 6.07 Å². The molecule has 138 valence electrons. The van der Waals surface area contributed by atoms with E-state index in [4.69, 9.17) is 0 Å². The zero-order chi connectivity index (χ0) is 19.1. The number of aromatic nitrogens is 2. The molecule has 0 saturated heterocycles. The SMILES string of the molecule is CC(C)CC(CNC(=O)Cn1nc(-c2ccccc2)ccc1=O)C(=O)O. The van der Waals surface area contributed by atoms with E-state index in [2.05, 4.69) is 10.4 Å². The number of carboxylic acid groups (broad SMARTS) is 1. The Morgan fingerprint density at radius 2 is 1.85 bits per heavy atom. The summed E-state index contributed by atoms with van der Waals surface area (Å²) >= 11 is 0. The Labute approximate surface area is 151 Å². The average Bonchev–Trinajstić information content (AvgIpc) is 2.60. The molecule has 1 aromatic heterocycles. The topological polar surface area (TPSA) is 101 Å². The molecular formula is C19H23N3O4. The second-order valence-corrected chi connectivity index (χ2v) is 6.55. The number of nitrogens with one attached hydrogen (secondary N) is 1. The number of aliphatic carboxylic acids is 1. The maximum atomic E-state index is 12.1. The molecule has 2 rings (SSSR count). The molecule has 26 heavy (non-hydrogen) atoms. The molecule has 0 spiro atoms. The quantitative estimate of drug-likeness (QED) is 0.750. The molecule has 2 aromatic rings. The number of amides is 1. The lowest BCUT2D eigenvalue weighted by molar-refractivity contribution is -0.142. The third-order valence-electron chi connectivity index (χ3n) is 3.88. The number of hydrogen-bond donors (Lipinski definition) is 2. The van der Waals surface area contributed by atoms with Crippen molar-refractivity contribution < 1.29 is 14.7 Å². The van der Waals surface area contributed by atoms with Gasteiger partial charge in [-0.1, -0.05) is 44.2 Å². The summed E-state index contributed by atoms with van der Waals surface area (Å²) in [6.07, 6.45) is 0.470. The zero-order valence-corrected chi connectivity index (χ0v) is 14.9. The molecule has 0 aliphatic heterocycles. The van der Waals surface area contributed by atoms with E-state index in [9.17, 15) is 19.5 Å². The zero-order valence-electron chi connectivity index (χ0n) is 14.9. The van der Waals surface area contributed by atoms with Crippen molar-refractivity contribution in [1.29, 1.82) is 0 Å². The first kappa shape index (κ1) is 19.4. The third kappa shape index (κ3) is 5.54. The van der Waals surface area contributed by atoms with Crippen molar-refractivity contribution in [2.45, 2.75) is 26.8 Å². The van der Waals surface area contributed by atoms with Gasteiger partial charge in [0.05, 0.1) is 11.6 Å². The van der Waals surface area contributed by atoms with Crippen molar-refractivity contribution in [3.63, 3.8) is 0 Å². The molecule has 2 N–H and O–H groups in total. The summed E-state index contributed by atoms with van der Waals surface area (Å²) in [6.45, 7) is 3.62. The number of hydrogen-bond acceptors (Lipinski definition) is 4. The maximum absolute atomic E-state index is 12.1. The van der Waals surface area contributed by atoms with Crippen LogP contribution in [0, 0.1) is 11.8 Å². The van der Waals surface area contributed by atoms with Crippen molar-refractivity contribution in [2.75, 3.05) is 6.54 Å². The highest BCUT2D eigenvalue weighted by Gasteiger charge is 2.20. The van der Waals surface area contributed by atoms with E-state index >= 15 is 0 Å².